The van der Waals surface area contributed by atoms with Crippen LogP contribution in [0.1, 0.15) is 92.9 Å². The van der Waals surface area contributed by atoms with Gasteiger partial charge in [0.25, 0.3) is 0 Å². The van der Waals surface area contributed by atoms with Crippen molar-refractivity contribution in [2.75, 3.05) is 6.61 Å². The third-order valence-electron chi connectivity index (χ3n) is 12.6. The lowest BCUT2D eigenvalue weighted by Gasteiger charge is -2.62. The summed E-state index contributed by atoms with van der Waals surface area (Å²) in [7, 11) is 0. The normalized spacial score (nSPS) is 55.4. The number of rotatable bonds is 2. The first-order chi connectivity index (χ1) is 17.9. The fourth-order valence-corrected chi connectivity index (χ4v) is 11.0. The highest BCUT2D eigenvalue weighted by Crippen LogP contribution is 2.71. The van der Waals surface area contributed by atoms with Crippen molar-refractivity contribution < 1.29 is 33.6 Å². The highest BCUT2D eigenvalue weighted by molar-refractivity contribution is 5.66. The summed E-state index contributed by atoms with van der Waals surface area (Å²) in [4.78, 5) is 24.2. The SMILES string of the molecule is CC(=O)O[C@H]1CC[C@@]2(C)[C@@H](CC[C@@H]3[C@@H]2C[C@@H](OC(C)=O)[C@]2(C)[C@@H]4[C@H](C[C@@H]32)O[C@@]2(OC[C@H](C)C[C@@H]2O)[C@H]4C)C1. The minimum absolute atomic E-state index is 0.00472. The second-order valence-electron chi connectivity index (χ2n) is 14.5. The van der Waals surface area contributed by atoms with Crippen molar-refractivity contribution in [3.63, 3.8) is 0 Å². The van der Waals surface area contributed by atoms with Gasteiger partial charge in [-0.05, 0) is 86.4 Å². The number of hydrogen-bond acceptors (Lipinski definition) is 7. The molecule has 214 valence electrons. The van der Waals surface area contributed by atoms with E-state index in [1.165, 1.54) is 20.3 Å². The Morgan fingerprint density at radius 1 is 0.921 bits per heavy atom. The van der Waals surface area contributed by atoms with Crippen LogP contribution in [0.15, 0.2) is 0 Å². The van der Waals surface area contributed by atoms with Crippen LogP contribution in [0, 0.1) is 52.3 Å². The van der Waals surface area contributed by atoms with Gasteiger partial charge < -0.3 is 24.1 Å². The molecule has 4 aliphatic carbocycles. The van der Waals surface area contributed by atoms with Crippen LogP contribution in [0.5, 0.6) is 0 Å². The second-order valence-corrected chi connectivity index (χ2v) is 14.5. The zero-order valence-corrected chi connectivity index (χ0v) is 24.1. The Labute approximate surface area is 227 Å². The summed E-state index contributed by atoms with van der Waals surface area (Å²) in [6, 6.07) is 0. The van der Waals surface area contributed by atoms with E-state index in [1.807, 2.05) is 0 Å². The molecule has 6 fully saturated rings. The van der Waals surface area contributed by atoms with Gasteiger partial charge in [-0.3, -0.25) is 9.59 Å². The second kappa shape index (κ2) is 9.17. The highest BCUT2D eigenvalue weighted by atomic mass is 16.7. The van der Waals surface area contributed by atoms with E-state index < -0.39 is 11.9 Å². The summed E-state index contributed by atoms with van der Waals surface area (Å²) in [5.41, 5.74) is -0.0613. The van der Waals surface area contributed by atoms with Gasteiger partial charge in [-0.15, -0.1) is 0 Å². The molecule has 6 rings (SSSR count). The molecule has 0 amide bonds. The highest BCUT2D eigenvalue weighted by Gasteiger charge is 2.73. The number of esters is 2. The van der Waals surface area contributed by atoms with Crippen molar-refractivity contribution in [2.45, 2.75) is 123 Å². The van der Waals surface area contributed by atoms with E-state index >= 15 is 0 Å². The van der Waals surface area contributed by atoms with Crippen molar-refractivity contribution in [2.24, 2.45) is 52.3 Å². The van der Waals surface area contributed by atoms with Crippen LogP contribution in [0.3, 0.4) is 0 Å². The standard InChI is InChI=1S/C31H48O7/c1-16-11-26(34)31(35-15-16)17(2)28-25(38-31)13-24-22-8-7-20-12-21(36-18(3)32)9-10-29(20,5)23(22)14-27(30(24,28)6)37-19(4)33/h16-17,20-28,34H,7-15H2,1-6H3/t16-,17+,20+,21+,22-,23+,24+,25+,26+,27-,28+,29+,30-,31+/m1/s1. The van der Waals surface area contributed by atoms with Crippen molar-refractivity contribution >= 4 is 11.9 Å². The van der Waals surface area contributed by atoms with Gasteiger partial charge >= 0.3 is 11.9 Å². The van der Waals surface area contributed by atoms with E-state index in [-0.39, 0.29) is 52.9 Å². The van der Waals surface area contributed by atoms with Gasteiger partial charge in [0.05, 0.1) is 12.7 Å². The Hall–Kier alpha value is -1.18. The van der Waals surface area contributed by atoms with Crippen molar-refractivity contribution in [3.05, 3.63) is 0 Å². The van der Waals surface area contributed by atoms with Gasteiger partial charge in [-0.2, -0.15) is 0 Å². The van der Waals surface area contributed by atoms with E-state index in [0.717, 1.165) is 38.5 Å². The number of carbonyl (C=O) groups excluding carboxylic acids is 2. The summed E-state index contributed by atoms with van der Waals surface area (Å²) in [5, 5.41) is 11.2. The van der Waals surface area contributed by atoms with Gasteiger partial charge in [-0.1, -0.05) is 27.7 Å². The Bertz CT molecular complexity index is 968. The maximum Gasteiger partial charge on any atom is 0.302 e. The smallest absolute Gasteiger partial charge is 0.302 e. The van der Waals surface area contributed by atoms with Crippen LogP contribution in [0.25, 0.3) is 0 Å². The molecule has 38 heavy (non-hydrogen) atoms. The molecule has 0 radical (unpaired) electrons. The van der Waals surface area contributed by atoms with Crippen LogP contribution >= 0.6 is 0 Å². The lowest BCUT2D eigenvalue weighted by molar-refractivity contribution is -0.317. The topological polar surface area (TPSA) is 91.3 Å². The number of ether oxygens (including phenoxy) is 4. The monoisotopic (exact) mass is 532 g/mol. The summed E-state index contributed by atoms with van der Waals surface area (Å²) in [5.74, 6) is 1.13. The van der Waals surface area contributed by atoms with Crippen LogP contribution < -0.4 is 0 Å². The minimum Gasteiger partial charge on any atom is -0.463 e. The molecular formula is C31H48O7. The Morgan fingerprint density at radius 2 is 1.66 bits per heavy atom. The van der Waals surface area contributed by atoms with Crippen LogP contribution in [0.2, 0.25) is 0 Å². The van der Waals surface area contributed by atoms with Crippen molar-refractivity contribution in [1.82, 2.24) is 0 Å². The van der Waals surface area contributed by atoms with Crippen LogP contribution in [-0.2, 0) is 28.5 Å². The molecule has 0 aromatic rings. The number of aliphatic hydroxyl groups is 1. The molecule has 0 aromatic carbocycles. The third-order valence-corrected chi connectivity index (χ3v) is 12.6. The number of carbonyl (C=O) groups is 2. The fourth-order valence-electron chi connectivity index (χ4n) is 11.0. The predicted molar refractivity (Wildman–Crippen MR) is 140 cm³/mol. The summed E-state index contributed by atoms with van der Waals surface area (Å²) < 4.78 is 25.1. The molecule has 7 heteroatoms. The van der Waals surface area contributed by atoms with Gasteiger partial charge in [0.1, 0.15) is 18.3 Å². The van der Waals surface area contributed by atoms with E-state index in [0.29, 0.717) is 42.6 Å². The predicted octanol–water partition coefficient (Wildman–Crippen LogP) is 4.88. The lowest BCUT2D eigenvalue weighted by Crippen LogP contribution is -2.61. The zero-order valence-electron chi connectivity index (χ0n) is 24.1. The molecule has 6 aliphatic rings. The molecule has 0 bridgehead atoms. The van der Waals surface area contributed by atoms with Gasteiger partial charge in [0.2, 0.25) is 0 Å². The third kappa shape index (κ3) is 3.77. The molecular weight excluding hydrogens is 484 g/mol. The fraction of sp³-hybridized carbons (Fsp3) is 0.935. The molecule has 14 atom stereocenters. The molecule has 1 spiro atoms. The lowest BCUT2D eigenvalue weighted by atomic mass is 9.43. The molecule has 7 nitrogen and oxygen atoms in total. The molecule has 0 unspecified atom stereocenters. The largest absolute Gasteiger partial charge is 0.463 e. The maximum absolute atomic E-state index is 12.5. The van der Waals surface area contributed by atoms with E-state index in [4.69, 9.17) is 18.9 Å². The average Bonchev–Trinajstić information content (AvgIpc) is 3.29. The maximum atomic E-state index is 12.5. The van der Waals surface area contributed by atoms with Gasteiger partial charge in [0, 0.05) is 31.1 Å². The first-order valence-corrected chi connectivity index (χ1v) is 15.2. The minimum atomic E-state index is -0.952. The number of fused-ring (bicyclic) bond motifs is 7. The van der Waals surface area contributed by atoms with Crippen LogP contribution in [-0.4, -0.2) is 53.9 Å². The van der Waals surface area contributed by atoms with Crippen molar-refractivity contribution in [3.8, 4) is 0 Å². The number of hydrogen-bond donors (Lipinski definition) is 1. The van der Waals surface area contributed by atoms with Gasteiger partial charge in [-0.25, -0.2) is 0 Å². The van der Waals surface area contributed by atoms with E-state index in [2.05, 4.69) is 27.7 Å². The Kier molecular flexibility index (Phi) is 6.52. The first-order valence-electron chi connectivity index (χ1n) is 15.2. The van der Waals surface area contributed by atoms with E-state index in [9.17, 15) is 14.7 Å². The van der Waals surface area contributed by atoms with Crippen molar-refractivity contribution in [1.29, 1.82) is 0 Å². The molecule has 0 aromatic heterocycles. The summed E-state index contributed by atoms with van der Waals surface area (Å²) in [6.45, 7) is 12.8. The summed E-state index contributed by atoms with van der Waals surface area (Å²) >= 11 is 0. The van der Waals surface area contributed by atoms with Gasteiger partial charge in [0.15, 0.2) is 5.79 Å². The summed E-state index contributed by atoms with van der Waals surface area (Å²) in [6.07, 6.45) is 6.97. The molecule has 4 saturated carbocycles. The molecule has 2 heterocycles. The molecule has 2 aliphatic heterocycles. The Balaban J connectivity index is 1.31. The average molecular weight is 533 g/mol. The first kappa shape index (κ1) is 27.0. The number of aliphatic hydroxyl groups excluding tert-OH is 1. The van der Waals surface area contributed by atoms with E-state index in [1.54, 1.807) is 0 Å². The molecule has 2 saturated heterocycles. The zero-order chi connectivity index (χ0) is 27.2. The molecule has 1 N–H and O–H groups in total. The Morgan fingerprint density at radius 3 is 2.34 bits per heavy atom. The quantitative estimate of drug-likeness (QED) is 0.507. The van der Waals surface area contributed by atoms with Crippen LogP contribution in [0.4, 0.5) is 0 Å².